The van der Waals surface area contributed by atoms with Crippen LogP contribution in [-0.4, -0.2) is 29.9 Å². The summed E-state index contributed by atoms with van der Waals surface area (Å²) in [6.45, 7) is 11.9. The maximum absolute atomic E-state index is 12.0. The average Bonchev–Trinajstić information content (AvgIpc) is 2.23. The predicted octanol–water partition coefficient (Wildman–Crippen LogP) is 2.29. The second-order valence-electron chi connectivity index (χ2n) is 4.66. The molecule has 0 spiro atoms. The third-order valence-electron chi connectivity index (χ3n) is 2.93. The lowest BCUT2D eigenvalue weighted by Crippen LogP contribution is -2.47. The third-order valence-corrected chi connectivity index (χ3v) is 2.93. The van der Waals surface area contributed by atoms with Crippen molar-refractivity contribution in [2.45, 2.75) is 47.1 Å². The largest absolute Gasteiger partial charge is 0.341 e. The fraction of sp³-hybridized carbons (Fsp3) is 0.917. The van der Waals surface area contributed by atoms with E-state index in [1.807, 2.05) is 25.7 Å². The van der Waals surface area contributed by atoms with Crippen LogP contribution in [0.4, 0.5) is 0 Å². The van der Waals surface area contributed by atoms with E-state index < -0.39 is 0 Å². The standard InChI is InChI=1S/C12H26N2O.ClH/c1-6-10(5)8-14(7-2)12(15)11(13)9(3)4;/h9-11H,6-8,13H2,1-5H3;1H/t10?,11-;/m1./s1. The van der Waals surface area contributed by atoms with Crippen LogP contribution in [0, 0.1) is 11.8 Å². The summed E-state index contributed by atoms with van der Waals surface area (Å²) in [5.41, 5.74) is 5.86. The van der Waals surface area contributed by atoms with Gasteiger partial charge in [-0.3, -0.25) is 4.79 Å². The molecule has 2 N–H and O–H groups in total. The van der Waals surface area contributed by atoms with Gasteiger partial charge in [0.1, 0.15) is 0 Å². The lowest BCUT2D eigenvalue weighted by atomic mass is 10.0. The van der Waals surface area contributed by atoms with Crippen LogP contribution >= 0.6 is 12.4 Å². The molecule has 0 aliphatic carbocycles. The first-order chi connectivity index (χ1) is 6.93. The van der Waals surface area contributed by atoms with E-state index >= 15 is 0 Å². The summed E-state index contributed by atoms with van der Waals surface area (Å²) in [6, 6.07) is -0.353. The molecule has 98 valence electrons. The van der Waals surface area contributed by atoms with E-state index in [1.54, 1.807) is 0 Å². The quantitative estimate of drug-likeness (QED) is 0.786. The van der Waals surface area contributed by atoms with Crippen LogP contribution in [0.2, 0.25) is 0 Å². The highest BCUT2D eigenvalue weighted by molar-refractivity contribution is 5.85. The molecule has 0 saturated carbocycles. The Morgan fingerprint density at radius 2 is 1.75 bits per heavy atom. The first kappa shape index (κ1) is 18.1. The summed E-state index contributed by atoms with van der Waals surface area (Å²) in [6.07, 6.45) is 1.10. The van der Waals surface area contributed by atoms with Gasteiger partial charge in [0.2, 0.25) is 5.91 Å². The van der Waals surface area contributed by atoms with Crippen LogP contribution in [0.25, 0.3) is 0 Å². The van der Waals surface area contributed by atoms with Crippen molar-refractivity contribution in [1.82, 2.24) is 4.90 Å². The minimum absolute atomic E-state index is 0. The molecule has 0 aromatic carbocycles. The Morgan fingerprint density at radius 1 is 1.25 bits per heavy atom. The molecule has 0 saturated heterocycles. The highest BCUT2D eigenvalue weighted by atomic mass is 35.5. The van der Waals surface area contributed by atoms with Crippen molar-refractivity contribution in [2.75, 3.05) is 13.1 Å². The molecule has 3 nitrogen and oxygen atoms in total. The maximum Gasteiger partial charge on any atom is 0.239 e. The zero-order chi connectivity index (χ0) is 12.0. The van der Waals surface area contributed by atoms with E-state index in [9.17, 15) is 4.79 Å². The summed E-state index contributed by atoms with van der Waals surface area (Å²) < 4.78 is 0. The van der Waals surface area contributed by atoms with Gasteiger partial charge in [0.25, 0.3) is 0 Å². The highest BCUT2D eigenvalue weighted by Crippen LogP contribution is 2.08. The fourth-order valence-corrected chi connectivity index (χ4v) is 1.38. The number of hydrogen-bond acceptors (Lipinski definition) is 2. The third kappa shape index (κ3) is 5.71. The van der Waals surface area contributed by atoms with Crippen LogP contribution in [0.1, 0.15) is 41.0 Å². The SMILES string of the molecule is CCC(C)CN(CC)C(=O)[C@H](N)C(C)C.Cl. The molecule has 0 aromatic rings. The molecule has 0 heterocycles. The van der Waals surface area contributed by atoms with E-state index in [0.717, 1.165) is 19.5 Å². The van der Waals surface area contributed by atoms with Crippen molar-refractivity contribution in [3.63, 3.8) is 0 Å². The Hall–Kier alpha value is -0.280. The topological polar surface area (TPSA) is 46.3 Å². The van der Waals surface area contributed by atoms with Gasteiger partial charge in [0, 0.05) is 13.1 Å². The zero-order valence-corrected chi connectivity index (χ0v) is 12.0. The molecular weight excluding hydrogens is 224 g/mol. The van der Waals surface area contributed by atoms with Gasteiger partial charge in [-0.1, -0.05) is 34.1 Å². The Morgan fingerprint density at radius 3 is 2.06 bits per heavy atom. The van der Waals surface area contributed by atoms with Crippen LogP contribution in [0.5, 0.6) is 0 Å². The summed E-state index contributed by atoms with van der Waals surface area (Å²) in [7, 11) is 0. The molecule has 1 unspecified atom stereocenters. The number of carbonyl (C=O) groups excluding carboxylic acids is 1. The summed E-state index contributed by atoms with van der Waals surface area (Å²) in [4.78, 5) is 13.8. The molecule has 0 fully saturated rings. The van der Waals surface area contributed by atoms with Crippen molar-refractivity contribution in [3.05, 3.63) is 0 Å². The van der Waals surface area contributed by atoms with Crippen LogP contribution in [0.3, 0.4) is 0 Å². The number of nitrogens with zero attached hydrogens (tertiary/aromatic N) is 1. The van der Waals surface area contributed by atoms with Gasteiger partial charge in [-0.05, 0) is 18.8 Å². The van der Waals surface area contributed by atoms with Crippen molar-refractivity contribution < 1.29 is 4.79 Å². The van der Waals surface area contributed by atoms with Gasteiger partial charge in [0.15, 0.2) is 0 Å². The number of halogens is 1. The van der Waals surface area contributed by atoms with Crippen molar-refractivity contribution >= 4 is 18.3 Å². The Balaban J connectivity index is 0. The van der Waals surface area contributed by atoms with Crippen LogP contribution in [0.15, 0.2) is 0 Å². The molecule has 0 radical (unpaired) electrons. The minimum atomic E-state index is -0.353. The van der Waals surface area contributed by atoms with Crippen molar-refractivity contribution in [2.24, 2.45) is 17.6 Å². The predicted molar refractivity (Wildman–Crippen MR) is 71.8 cm³/mol. The van der Waals surface area contributed by atoms with Gasteiger partial charge in [-0.2, -0.15) is 0 Å². The highest BCUT2D eigenvalue weighted by Gasteiger charge is 2.23. The second kappa shape index (κ2) is 8.82. The molecule has 1 amide bonds. The molecule has 16 heavy (non-hydrogen) atoms. The van der Waals surface area contributed by atoms with E-state index in [4.69, 9.17) is 5.73 Å². The number of amides is 1. The van der Waals surface area contributed by atoms with E-state index in [2.05, 4.69) is 13.8 Å². The summed E-state index contributed by atoms with van der Waals surface area (Å²) in [5, 5.41) is 0. The zero-order valence-electron chi connectivity index (χ0n) is 11.2. The maximum atomic E-state index is 12.0. The number of likely N-dealkylation sites (N-methyl/N-ethyl adjacent to an activating group) is 1. The van der Waals surface area contributed by atoms with Gasteiger partial charge in [0.05, 0.1) is 6.04 Å². The first-order valence-electron chi connectivity index (χ1n) is 5.98. The lowest BCUT2D eigenvalue weighted by molar-refractivity contribution is -0.134. The average molecular weight is 251 g/mol. The Bertz CT molecular complexity index is 197. The number of rotatable bonds is 6. The van der Waals surface area contributed by atoms with Gasteiger partial charge >= 0.3 is 0 Å². The van der Waals surface area contributed by atoms with Gasteiger partial charge in [-0.15, -0.1) is 12.4 Å². The molecule has 0 aliphatic heterocycles. The second-order valence-corrected chi connectivity index (χ2v) is 4.66. The number of nitrogens with two attached hydrogens (primary N) is 1. The lowest BCUT2D eigenvalue weighted by Gasteiger charge is -2.28. The normalized spacial score (nSPS) is 14.2. The Kier molecular flexibility index (Phi) is 9.98. The Labute approximate surface area is 106 Å². The summed E-state index contributed by atoms with van der Waals surface area (Å²) in [5.74, 6) is 0.851. The van der Waals surface area contributed by atoms with Crippen molar-refractivity contribution in [3.8, 4) is 0 Å². The molecule has 4 heteroatoms. The van der Waals surface area contributed by atoms with Gasteiger partial charge < -0.3 is 10.6 Å². The summed E-state index contributed by atoms with van der Waals surface area (Å²) >= 11 is 0. The number of hydrogen-bond donors (Lipinski definition) is 1. The van der Waals surface area contributed by atoms with Gasteiger partial charge in [-0.25, -0.2) is 0 Å². The fourth-order valence-electron chi connectivity index (χ4n) is 1.38. The smallest absolute Gasteiger partial charge is 0.239 e. The monoisotopic (exact) mass is 250 g/mol. The molecule has 0 bridgehead atoms. The molecule has 0 aliphatic rings. The molecule has 0 aromatic heterocycles. The number of carbonyl (C=O) groups is 1. The van der Waals surface area contributed by atoms with E-state index in [0.29, 0.717) is 5.92 Å². The van der Waals surface area contributed by atoms with Crippen LogP contribution in [-0.2, 0) is 4.79 Å². The molecule has 0 rings (SSSR count). The molecule has 2 atom stereocenters. The molecular formula is C12H27ClN2O. The van der Waals surface area contributed by atoms with E-state index in [1.165, 1.54) is 0 Å². The minimum Gasteiger partial charge on any atom is -0.341 e. The van der Waals surface area contributed by atoms with E-state index in [-0.39, 0.29) is 30.3 Å². The van der Waals surface area contributed by atoms with Crippen LogP contribution < -0.4 is 5.73 Å². The first-order valence-corrected chi connectivity index (χ1v) is 5.98. The van der Waals surface area contributed by atoms with Crippen molar-refractivity contribution in [1.29, 1.82) is 0 Å².